The summed E-state index contributed by atoms with van der Waals surface area (Å²) < 4.78 is 0. The third-order valence-electron chi connectivity index (χ3n) is 3.49. The monoisotopic (exact) mass is 300 g/mol. The van der Waals surface area contributed by atoms with Gasteiger partial charge in [0, 0.05) is 19.2 Å². The Morgan fingerprint density at radius 2 is 1.86 bits per heavy atom. The topological polar surface area (TPSA) is 50.3 Å². The minimum absolute atomic E-state index is 0.180. The quantitative estimate of drug-likeness (QED) is 0.486. The number of halogens is 1. The van der Waals surface area contributed by atoms with Gasteiger partial charge in [-0.2, -0.15) is 0 Å². The van der Waals surface area contributed by atoms with Gasteiger partial charge in [-0.25, -0.2) is 4.98 Å². The summed E-state index contributed by atoms with van der Waals surface area (Å²) in [5.74, 6) is -0.363. The predicted molar refractivity (Wildman–Crippen MR) is 81.3 cm³/mol. The molecule has 0 bridgehead atoms. The summed E-state index contributed by atoms with van der Waals surface area (Å²) in [6.07, 6.45) is 1.86. The molecule has 2 heterocycles. The Balaban J connectivity index is 1.93. The van der Waals surface area contributed by atoms with Crippen molar-refractivity contribution in [2.45, 2.75) is 11.9 Å². The van der Waals surface area contributed by atoms with Gasteiger partial charge in [-0.15, -0.1) is 0 Å². The van der Waals surface area contributed by atoms with E-state index in [1.54, 1.807) is 11.1 Å². The number of alkyl halides is 1. The first-order valence-corrected chi connectivity index (χ1v) is 7.10. The van der Waals surface area contributed by atoms with E-state index in [2.05, 4.69) is 4.98 Å². The summed E-state index contributed by atoms with van der Waals surface area (Å²) in [6, 6.07) is 13.7. The van der Waals surface area contributed by atoms with Crippen molar-refractivity contribution in [1.29, 1.82) is 0 Å². The van der Waals surface area contributed by atoms with Gasteiger partial charge in [0.05, 0.1) is 0 Å². The Labute approximate surface area is 127 Å². The van der Waals surface area contributed by atoms with Crippen molar-refractivity contribution in [3.05, 3.63) is 48.7 Å². The first-order valence-electron chi connectivity index (χ1n) is 6.66. The van der Waals surface area contributed by atoms with Crippen molar-refractivity contribution in [1.82, 2.24) is 4.98 Å². The molecule has 1 aromatic carbocycles. The lowest BCUT2D eigenvalue weighted by Gasteiger charge is -2.30. The van der Waals surface area contributed by atoms with Crippen LogP contribution in [0.4, 0.5) is 5.82 Å². The number of anilines is 1. The number of ketones is 2. The van der Waals surface area contributed by atoms with E-state index in [0.717, 1.165) is 11.1 Å². The van der Waals surface area contributed by atoms with Gasteiger partial charge in [0.15, 0.2) is 5.50 Å². The lowest BCUT2D eigenvalue weighted by atomic mass is 10.1. The number of carbonyl (C=O) groups excluding carboxylic acids is 2. The van der Waals surface area contributed by atoms with Crippen LogP contribution in [-0.4, -0.2) is 28.6 Å². The maximum atomic E-state index is 11.7. The van der Waals surface area contributed by atoms with Crippen LogP contribution in [0.2, 0.25) is 0 Å². The zero-order valence-corrected chi connectivity index (χ0v) is 12.0. The van der Waals surface area contributed by atoms with Crippen LogP contribution in [0.5, 0.6) is 0 Å². The van der Waals surface area contributed by atoms with E-state index in [-0.39, 0.29) is 6.42 Å². The lowest BCUT2D eigenvalue weighted by Crippen LogP contribution is -2.47. The molecular weight excluding hydrogens is 288 g/mol. The van der Waals surface area contributed by atoms with Crippen molar-refractivity contribution in [3.8, 4) is 11.1 Å². The minimum atomic E-state index is -0.968. The second kappa shape index (κ2) is 5.66. The smallest absolute Gasteiger partial charge is 0.236 e. The molecular formula is C16H13ClN2O2. The van der Waals surface area contributed by atoms with Crippen molar-refractivity contribution >= 4 is 29.0 Å². The SMILES string of the molecule is O=C1CCN(c2cc(-c3ccccc3)ccn2)C(Cl)C1=O. The first-order chi connectivity index (χ1) is 10.2. The van der Waals surface area contributed by atoms with Crippen LogP contribution in [0.15, 0.2) is 48.7 Å². The highest BCUT2D eigenvalue weighted by Crippen LogP contribution is 2.26. The summed E-state index contributed by atoms with van der Waals surface area (Å²) in [6.45, 7) is 0.407. The maximum absolute atomic E-state index is 11.7. The molecule has 1 aliphatic heterocycles. The van der Waals surface area contributed by atoms with Crippen LogP contribution >= 0.6 is 11.6 Å². The van der Waals surface area contributed by atoms with Gasteiger partial charge in [-0.05, 0) is 23.3 Å². The maximum Gasteiger partial charge on any atom is 0.236 e. The van der Waals surface area contributed by atoms with Gasteiger partial charge in [-0.3, -0.25) is 9.59 Å². The van der Waals surface area contributed by atoms with E-state index in [9.17, 15) is 9.59 Å². The number of pyridine rings is 1. The fourth-order valence-corrected chi connectivity index (χ4v) is 2.67. The number of carbonyl (C=O) groups is 2. The highest BCUT2D eigenvalue weighted by Gasteiger charge is 2.34. The number of piperidine rings is 1. The Morgan fingerprint density at radius 3 is 2.62 bits per heavy atom. The van der Waals surface area contributed by atoms with Crippen molar-refractivity contribution < 1.29 is 9.59 Å². The van der Waals surface area contributed by atoms with Crippen LogP contribution in [0, 0.1) is 0 Å². The molecule has 1 aliphatic rings. The molecule has 1 saturated heterocycles. The van der Waals surface area contributed by atoms with Gasteiger partial charge in [-0.1, -0.05) is 41.9 Å². The van der Waals surface area contributed by atoms with Crippen LogP contribution < -0.4 is 4.90 Å². The number of hydrogen-bond donors (Lipinski definition) is 0. The molecule has 106 valence electrons. The molecule has 1 aromatic heterocycles. The van der Waals surface area contributed by atoms with Gasteiger partial charge in [0.2, 0.25) is 11.6 Å². The van der Waals surface area contributed by atoms with Crippen molar-refractivity contribution in [2.24, 2.45) is 0 Å². The van der Waals surface area contributed by atoms with Crippen LogP contribution in [0.25, 0.3) is 11.1 Å². The average Bonchev–Trinajstić information content (AvgIpc) is 2.54. The molecule has 0 N–H and O–H groups in total. The number of hydrogen-bond acceptors (Lipinski definition) is 4. The fraction of sp³-hybridized carbons (Fsp3) is 0.188. The summed E-state index contributed by atoms with van der Waals surface area (Å²) in [7, 11) is 0. The van der Waals surface area contributed by atoms with E-state index in [1.165, 1.54) is 0 Å². The molecule has 5 heteroatoms. The Morgan fingerprint density at radius 1 is 1.10 bits per heavy atom. The molecule has 21 heavy (non-hydrogen) atoms. The third kappa shape index (κ3) is 2.67. The van der Waals surface area contributed by atoms with E-state index in [1.807, 2.05) is 42.5 Å². The van der Waals surface area contributed by atoms with E-state index in [4.69, 9.17) is 11.6 Å². The molecule has 0 aliphatic carbocycles. The average molecular weight is 301 g/mol. The van der Waals surface area contributed by atoms with E-state index < -0.39 is 17.1 Å². The number of aromatic nitrogens is 1. The van der Waals surface area contributed by atoms with E-state index in [0.29, 0.717) is 12.4 Å². The molecule has 0 spiro atoms. The largest absolute Gasteiger partial charge is 0.333 e. The predicted octanol–water partition coefficient (Wildman–Crippen LogP) is 2.66. The van der Waals surface area contributed by atoms with Gasteiger partial charge in [0.25, 0.3) is 0 Å². The summed E-state index contributed by atoms with van der Waals surface area (Å²) in [4.78, 5) is 29.0. The van der Waals surface area contributed by atoms with Crippen LogP contribution in [-0.2, 0) is 9.59 Å². The molecule has 0 radical (unpaired) electrons. The number of rotatable bonds is 2. The van der Waals surface area contributed by atoms with Gasteiger partial charge in [0.1, 0.15) is 5.82 Å². The zero-order chi connectivity index (χ0) is 14.8. The number of benzene rings is 1. The Hall–Kier alpha value is -2.20. The Kier molecular flexibility index (Phi) is 3.71. The van der Waals surface area contributed by atoms with Gasteiger partial charge >= 0.3 is 0 Å². The summed E-state index contributed by atoms with van der Waals surface area (Å²) >= 11 is 6.08. The van der Waals surface area contributed by atoms with E-state index >= 15 is 0 Å². The molecule has 0 saturated carbocycles. The molecule has 1 atom stereocenters. The minimum Gasteiger partial charge on any atom is -0.333 e. The Bertz CT molecular complexity index is 688. The molecule has 1 fully saturated rings. The third-order valence-corrected chi connectivity index (χ3v) is 3.93. The molecule has 0 amide bonds. The van der Waals surface area contributed by atoms with Crippen molar-refractivity contribution in [2.75, 3.05) is 11.4 Å². The second-order valence-corrected chi connectivity index (χ2v) is 5.25. The van der Waals surface area contributed by atoms with Crippen LogP contribution in [0.3, 0.4) is 0 Å². The lowest BCUT2D eigenvalue weighted by molar-refractivity contribution is -0.137. The van der Waals surface area contributed by atoms with Crippen molar-refractivity contribution in [3.63, 3.8) is 0 Å². The zero-order valence-electron chi connectivity index (χ0n) is 11.2. The molecule has 3 rings (SSSR count). The van der Waals surface area contributed by atoms with Gasteiger partial charge < -0.3 is 4.90 Å². The normalized spacial score (nSPS) is 18.9. The number of Topliss-reactive ketones (excluding diaryl/α,β-unsaturated/α-hetero) is 2. The van der Waals surface area contributed by atoms with Crippen LogP contribution in [0.1, 0.15) is 6.42 Å². The first kappa shape index (κ1) is 13.8. The molecule has 4 nitrogen and oxygen atoms in total. The fourth-order valence-electron chi connectivity index (χ4n) is 2.35. The molecule has 1 unspecified atom stereocenters. The molecule has 2 aromatic rings. The highest BCUT2D eigenvalue weighted by atomic mass is 35.5. The summed E-state index contributed by atoms with van der Waals surface area (Å²) in [5.41, 5.74) is 1.09. The standard InChI is InChI=1S/C16H13ClN2O2/c17-16-15(21)13(20)7-9-19(16)14-10-12(6-8-18-14)11-4-2-1-3-5-11/h1-6,8,10,16H,7,9H2. The summed E-state index contributed by atoms with van der Waals surface area (Å²) in [5, 5.41) is 0. The number of nitrogens with zero attached hydrogens (tertiary/aromatic N) is 2. The second-order valence-electron chi connectivity index (χ2n) is 4.84. The highest BCUT2D eigenvalue weighted by molar-refractivity contribution is 6.51.